The van der Waals surface area contributed by atoms with Gasteiger partial charge in [-0.15, -0.1) is 0 Å². The van der Waals surface area contributed by atoms with Gasteiger partial charge in [0.25, 0.3) is 5.91 Å². The van der Waals surface area contributed by atoms with E-state index in [0.29, 0.717) is 41.8 Å². The molecule has 0 radical (unpaired) electrons. The Hall–Kier alpha value is -3.48. The number of carbonyl (C=O) groups is 1. The maximum Gasteiger partial charge on any atom is 0.256 e. The van der Waals surface area contributed by atoms with Crippen LogP contribution in [0.15, 0.2) is 42.5 Å². The van der Waals surface area contributed by atoms with E-state index in [1.807, 2.05) is 31.2 Å². The van der Waals surface area contributed by atoms with E-state index in [0.717, 1.165) is 22.6 Å². The number of benzene rings is 2. The molecule has 2 N–H and O–H groups in total. The van der Waals surface area contributed by atoms with Crippen LogP contribution in [-0.4, -0.2) is 37.5 Å². The van der Waals surface area contributed by atoms with Crippen molar-refractivity contribution in [2.75, 3.05) is 6.54 Å². The van der Waals surface area contributed by atoms with Gasteiger partial charge in [-0.1, -0.05) is 18.2 Å². The molecule has 1 aliphatic rings. The lowest BCUT2D eigenvalue weighted by Crippen LogP contribution is -2.36. The van der Waals surface area contributed by atoms with Crippen LogP contribution in [0, 0.1) is 12.7 Å². The first-order valence-corrected chi connectivity index (χ1v) is 9.17. The predicted octanol–water partition coefficient (Wildman–Crippen LogP) is 3.60. The molecule has 4 aromatic rings. The van der Waals surface area contributed by atoms with Crippen molar-refractivity contribution < 1.29 is 9.18 Å². The van der Waals surface area contributed by atoms with Crippen molar-refractivity contribution in [3.05, 3.63) is 70.9 Å². The fourth-order valence-corrected chi connectivity index (χ4v) is 3.84. The fourth-order valence-electron chi connectivity index (χ4n) is 3.84. The van der Waals surface area contributed by atoms with E-state index in [9.17, 15) is 9.18 Å². The van der Waals surface area contributed by atoms with E-state index in [-0.39, 0.29) is 11.7 Å². The Labute approximate surface area is 160 Å². The highest BCUT2D eigenvalue weighted by atomic mass is 19.1. The molecular weight excluding hydrogens is 357 g/mol. The number of amides is 1. The molecule has 0 atom stereocenters. The van der Waals surface area contributed by atoms with Gasteiger partial charge in [-0.25, -0.2) is 9.37 Å². The lowest BCUT2D eigenvalue weighted by molar-refractivity contribution is 0.0736. The summed E-state index contributed by atoms with van der Waals surface area (Å²) in [6.07, 6.45) is 0.680. The van der Waals surface area contributed by atoms with Gasteiger partial charge in [0.05, 0.1) is 16.8 Å². The minimum Gasteiger partial charge on any atom is -0.342 e. The average Bonchev–Trinajstić information content (AvgIpc) is 3.29. The molecule has 0 saturated carbocycles. The molecule has 0 unspecified atom stereocenters. The number of hydrogen-bond donors (Lipinski definition) is 2. The Morgan fingerprint density at radius 1 is 1.21 bits per heavy atom. The number of aromatic nitrogens is 4. The molecule has 7 heteroatoms. The summed E-state index contributed by atoms with van der Waals surface area (Å²) in [5.41, 5.74) is 5.46. The first-order valence-electron chi connectivity index (χ1n) is 9.17. The maximum absolute atomic E-state index is 13.7. The van der Waals surface area contributed by atoms with Crippen molar-refractivity contribution >= 4 is 16.9 Å². The van der Waals surface area contributed by atoms with Crippen molar-refractivity contribution in [3.63, 3.8) is 0 Å². The number of aromatic amines is 2. The molecular formula is C21H18FN5O. The van der Waals surface area contributed by atoms with E-state index in [2.05, 4.69) is 20.2 Å². The van der Waals surface area contributed by atoms with E-state index in [1.54, 1.807) is 11.0 Å². The minimum atomic E-state index is -0.307. The Morgan fingerprint density at radius 3 is 2.93 bits per heavy atom. The van der Waals surface area contributed by atoms with Crippen LogP contribution in [0.25, 0.3) is 22.3 Å². The largest absolute Gasteiger partial charge is 0.342 e. The van der Waals surface area contributed by atoms with Gasteiger partial charge in [-0.05, 0) is 31.2 Å². The Bertz CT molecular complexity index is 1210. The van der Waals surface area contributed by atoms with Crippen LogP contribution < -0.4 is 0 Å². The summed E-state index contributed by atoms with van der Waals surface area (Å²) in [4.78, 5) is 22.7. The number of carbonyl (C=O) groups excluding carboxylic acids is 1. The number of nitrogens with zero attached hydrogens (tertiary/aromatic N) is 3. The topological polar surface area (TPSA) is 77.7 Å². The lowest BCUT2D eigenvalue weighted by Gasteiger charge is -2.27. The molecule has 6 nitrogen and oxygen atoms in total. The standard InChI is InChI=1S/C21H18FN5O/c1-12-23-18-7-3-6-15(20(18)24-12)21(28)27-9-8-17-16(11-27)19(26-25-17)13-4-2-5-14(22)10-13/h2-7,10H,8-9,11H2,1H3,(H,23,24)(H,25,26). The summed E-state index contributed by atoms with van der Waals surface area (Å²) in [5.74, 6) is 0.409. The number of imidazole rings is 1. The number of nitrogens with one attached hydrogen (secondary N) is 2. The quantitative estimate of drug-likeness (QED) is 0.562. The normalized spacial score (nSPS) is 13.7. The Kier molecular flexibility index (Phi) is 3.75. The second kappa shape index (κ2) is 6.30. The molecule has 1 amide bonds. The number of hydrogen-bond acceptors (Lipinski definition) is 3. The predicted molar refractivity (Wildman–Crippen MR) is 103 cm³/mol. The number of fused-ring (bicyclic) bond motifs is 2. The molecule has 0 bridgehead atoms. The van der Waals surface area contributed by atoms with Gasteiger partial charge in [-0.2, -0.15) is 5.10 Å². The lowest BCUT2D eigenvalue weighted by atomic mass is 10.00. The summed E-state index contributed by atoms with van der Waals surface area (Å²) in [6, 6.07) is 11.9. The van der Waals surface area contributed by atoms with Crippen LogP contribution in [0.2, 0.25) is 0 Å². The Balaban J connectivity index is 1.50. The van der Waals surface area contributed by atoms with Gasteiger partial charge < -0.3 is 9.88 Å². The number of H-pyrrole nitrogens is 2. The zero-order chi connectivity index (χ0) is 19.3. The summed E-state index contributed by atoms with van der Waals surface area (Å²) < 4.78 is 13.7. The average molecular weight is 375 g/mol. The molecule has 0 saturated heterocycles. The van der Waals surface area contributed by atoms with Crippen LogP contribution in [0.4, 0.5) is 4.39 Å². The maximum atomic E-state index is 13.7. The monoisotopic (exact) mass is 375 g/mol. The summed E-state index contributed by atoms with van der Waals surface area (Å²) in [7, 11) is 0. The number of halogens is 1. The Morgan fingerprint density at radius 2 is 2.07 bits per heavy atom. The molecule has 0 fully saturated rings. The number of rotatable bonds is 2. The zero-order valence-corrected chi connectivity index (χ0v) is 15.3. The molecule has 28 heavy (non-hydrogen) atoms. The van der Waals surface area contributed by atoms with E-state index in [1.165, 1.54) is 12.1 Å². The van der Waals surface area contributed by atoms with Crippen molar-refractivity contribution in [3.8, 4) is 11.3 Å². The molecule has 140 valence electrons. The number of aryl methyl sites for hydroxylation is 1. The molecule has 2 aromatic heterocycles. The molecule has 2 aromatic carbocycles. The van der Waals surface area contributed by atoms with Crippen molar-refractivity contribution in [1.29, 1.82) is 0 Å². The van der Waals surface area contributed by atoms with Crippen LogP contribution in [0.3, 0.4) is 0 Å². The third kappa shape index (κ3) is 2.67. The highest BCUT2D eigenvalue weighted by molar-refractivity contribution is 6.05. The van der Waals surface area contributed by atoms with Crippen LogP contribution >= 0.6 is 0 Å². The second-order valence-electron chi connectivity index (χ2n) is 7.04. The van der Waals surface area contributed by atoms with E-state index in [4.69, 9.17) is 0 Å². The van der Waals surface area contributed by atoms with Gasteiger partial charge in [0.2, 0.25) is 0 Å². The number of para-hydroxylation sites is 1. The summed E-state index contributed by atoms with van der Waals surface area (Å²) in [5, 5.41) is 7.43. The van der Waals surface area contributed by atoms with Crippen molar-refractivity contribution in [2.45, 2.75) is 19.9 Å². The highest BCUT2D eigenvalue weighted by Crippen LogP contribution is 2.30. The van der Waals surface area contributed by atoms with Gasteiger partial charge in [-0.3, -0.25) is 9.89 Å². The van der Waals surface area contributed by atoms with Gasteiger partial charge in [0, 0.05) is 36.3 Å². The minimum absolute atomic E-state index is 0.0610. The molecule has 1 aliphatic heterocycles. The molecule has 0 spiro atoms. The van der Waals surface area contributed by atoms with E-state index >= 15 is 0 Å². The van der Waals surface area contributed by atoms with Crippen LogP contribution in [-0.2, 0) is 13.0 Å². The van der Waals surface area contributed by atoms with E-state index < -0.39 is 0 Å². The molecule has 0 aliphatic carbocycles. The van der Waals surface area contributed by atoms with Gasteiger partial charge >= 0.3 is 0 Å². The SMILES string of the molecule is Cc1nc2c(C(=O)N3CCc4[nH]nc(-c5cccc(F)c5)c4C3)cccc2[nH]1. The van der Waals surface area contributed by atoms with Crippen LogP contribution in [0.5, 0.6) is 0 Å². The third-order valence-electron chi connectivity index (χ3n) is 5.18. The summed E-state index contributed by atoms with van der Waals surface area (Å²) >= 11 is 0. The summed E-state index contributed by atoms with van der Waals surface area (Å²) in [6.45, 7) is 2.89. The smallest absolute Gasteiger partial charge is 0.256 e. The third-order valence-corrected chi connectivity index (χ3v) is 5.18. The molecule has 3 heterocycles. The second-order valence-corrected chi connectivity index (χ2v) is 7.04. The van der Waals surface area contributed by atoms with Gasteiger partial charge in [0.1, 0.15) is 17.2 Å². The van der Waals surface area contributed by atoms with Crippen molar-refractivity contribution in [1.82, 2.24) is 25.1 Å². The highest BCUT2D eigenvalue weighted by Gasteiger charge is 2.27. The first kappa shape index (κ1) is 16.7. The van der Waals surface area contributed by atoms with Crippen molar-refractivity contribution in [2.24, 2.45) is 0 Å². The van der Waals surface area contributed by atoms with Crippen LogP contribution in [0.1, 0.15) is 27.4 Å². The zero-order valence-electron chi connectivity index (χ0n) is 15.3. The van der Waals surface area contributed by atoms with Gasteiger partial charge in [0.15, 0.2) is 0 Å². The fraction of sp³-hybridized carbons (Fsp3) is 0.190. The first-order chi connectivity index (χ1) is 13.6. The molecule has 5 rings (SSSR count).